The van der Waals surface area contributed by atoms with E-state index in [1.54, 1.807) is 57.8 Å². The highest BCUT2D eigenvalue weighted by molar-refractivity contribution is 6.03. The molecule has 0 aliphatic carbocycles. The molecule has 2 amide bonds. The summed E-state index contributed by atoms with van der Waals surface area (Å²) in [4.78, 5) is 73.3. The zero-order chi connectivity index (χ0) is 47.7. The minimum Gasteiger partial charge on any atom is -0.387 e. The molecule has 2 fully saturated rings. The lowest BCUT2D eigenvalue weighted by molar-refractivity contribution is -0.140. The smallest absolute Gasteiger partial charge is 0.329 e. The van der Waals surface area contributed by atoms with Gasteiger partial charge in [-0.1, -0.05) is 24.3 Å². The van der Waals surface area contributed by atoms with Crippen LogP contribution in [0.15, 0.2) is 95.0 Å². The fourth-order valence-corrected chi connectivity index (χ4v) is 10.2. The number of carbonyl (C=O) groups excluding carboxylic acids is 2. The average Bonchev–Trinajstić information content (AvgIpc) is 4.18. The summed E-state index contributed by atoms with van der Waals surface area (Å²) in [6.45, 7) is 2.96. The largest absolute Gasteiger partial charge is 0.387 e. The van der Waals surface area contributed by atoms with Crippen molar-refractivity contribution >= 4 is 77.8 Å². The van der Waals surface area contributed by atoms with Gasteiger partial charge in [-0.2, -0.15) is 10.2 Å². The first kappa shape index (κ1) is 43.5. The van der Waals surface area contributed by atoms with Crippen LogP contribution in [0.3, 0.4) is 0 Å². The third-order valence-corrected chi connectivity index (χ3v) is 13.9. The van der Waals surface area contributed by atoms with Gasteiger partial charge in [0.2, 0.25) is 5.91 Å². The fourth-order valence-electron chi connectivity index (χ4n) is 10.2. The first-order chi connectivity index (χ1) is 33.5. The van der Waals surface area contributed by atoms with Gasteiger partial charge in [0, 0.05) is 74.3 Å². The number of piperidine rings is 2. The lowest BCUT2D eigenvalue weighted by Crippen LogP contribution is -2.44. The van der Waals surface area contributed by atoms with Crippen LogP contribution in [0.2, 0.25) is 0 Å². The van der Waals surface area contributed by atoms with Gasteiger partial charge >= 0.3 is 11.4 Å². The van der Waals surface area contributed by atoms with Crippen LogP contribution in [0.4, 0.5) is 0 Å². The Morgan fingerprint density at radius 1 is 0.652 bits per heavy atom. The van der Waals surface area contributed by atoms with Crippen LogP contribution in [0, 0.1) is 0 Å². The van der Waals surface area contributed by atoms with E-state index in [2.05, 4.69) is 30.4 Å². The van der Waals surface area contributed by atoms with E-state index in [0.29, 0.717) is 73.9 Å². The van der Waals surface area contributed by atoms with Crippen molar-refractivity contribution in [3.8, 4) is 22.5 Å². The van der Waals surface area contributed by atoms with Crippen LogP contribution in [-0.2, 0) is 23.7 Å². The number of rotatable bonds is 6. The van der Waals surface area contributed by atoms with Gasteiger partial charge in [-0.05, 0) is 69.0 Å². The van der Waals surface area contributed by atoms with Crippen LogP contribution >= 0.6 is 0 Å². The van der Waals surface area contributed by atoms with Crippen molar-refractivity contribution < 1.29 is 19.8 Å². The Kier molecular flexibility index (Phi) is 10.8. The van der Waals surface area contributed by atoms with Gasteiger partial charge in [0.15, 0.2) is 0 Å². The number of fused-ring (bicyclic) bond motifs is 8. The van der Waals surface area contributed by atoms with Crippen LogP contribution in [-0.4, -0.2) is 129 Å². The van der Waals surface area contributed by atoms with Gasteiger partial charge in [-0.15, -0.1) is 0 Å². The number of aliphatic hydroxyl groups excluding tert-OH is 2. The molecule has 12 rings (SSSR count). The number of amides is 2. The molecular formula is C49H48N14O6. The number of imidazole rings is 2. The summed E-state index contributed by atoms with van der Waals surface area (Å²) in [6.07, 6.45) is 8.49. The van der Waals surface area contributed by atoms with E-state index in [1.165, 1.54) is 6.92 Å². The lowest BCUT2D eigenvalue weighted by atomic mass is 10.0. The van der Waals surface area contributed by atoms with E-state index < -0.39 is 12.7 Å². The van der Waals surface area contributed by atoms with Crippen molar-refractivity contribution in [3.63, 3.8) is 0 Å². The molecule has 2 aliphatic rings. The van der Waals surface area contributed by atoms with Gasteiger partial charge in [0.05, 0.1) is 80.3 Å². The van der Waals surface area contributed by atoms with Gasteiger partial charge in [-0.3, -0.25) is 48.0 Å². The Morgan fingerprint density at radius 3 is 1.54 bits per heavy atom. The summed E-state index contributed by atoms with van der Waals surface area (Å²) in [7, 11) is 3.49. The second kappa shape index (κ2) is 17.2. The van der Waals surface area contributed by atoms with E-state index in [1.807, 2.05) is 69.8 Å². The Morgan fingerprint density at radius 2 is 1.10 bits per heavy atom. The Hall–Kier alpha value is -8.10. The van der Waals surface area contributed by atoms with E-state index in [-0.39, 0.29) is 35.3 Å². The molecule has 350 valence electrons. The molecule has 20 heteroatoms. The predicted molar refractivity (Wildman–Crippen MR) is 259 cm³/mol. The van der Waals surface area contributed by atoms with E-state index in [0.717, 1.165) is 66.4 Å². The quantitative estimate of drug-likeness (QED) is 0.182. The summed E-state index contributed by atoms with van der Waals surface area (Å²) in [5.74, 6) is -0.554. The normalized spacial score (nSPS) is 15.5. The zero-order valence-corrected chi connectivity index (χ0v) is 38.1. The molecule has 2 aromatic carbocycles. The molecule has 4 N–H and O–H groups in total. The van der Waals surface area contributed by atoms with E-state index >= 15 is 0 Å². The third kappa shape index (κ3) is 7.30. The van der Waals surface area contributed by atoms with Crippen molar-refractivity contribution in [1.29, 1.82) is 0 Å². The summed E-state index contributed by atoms with van der Waals surface area (Å²) in [6, 6.07) is 19.4. The maximum absolute atomic E-state index is 13.4. The van der Waals surface area contributed by atoms with E-state index in [4.69, 9.17) is 9.97 Å². The number of benzene rings is 2. The highest BCUT2D eigenvalue weighted by Gasteiger charge is 2.31. The van der Waals surface area contributed by atoms with Crippen molar-refractivity contribution in [2.24, 2.45) is 14.1 Å². The van der Waals surface area contributed by atoms with Gasteiger partial charge in [0.1, 0.15) is 23.7 Å². The van der Waals surface area contributed by atoms with Crippen LogP contribution < -0.4 is 11.4 Å². The number of H-pyrrole nitrogens is 2. The molecule has 0 bridgehead atoms. The maximum Gasteiger partial charge on any atom is 0.329 e. The molecule has 0 saturated carbocycles. The molecule has 1 atom stereocenters. The Labute approximate surface area is 391 Å². The molecule has 69 heavy (non-hydrogen) atoms. The van der Waals surface area contributed by atoms with Crippen LogP contribution in [0.1, 0.15) is 44.7 Å². The number of pyridine rings is 4. The first-order valence-electron chi connectivity index (χ1n) is 22.9. The number of aryl methyl sites for hydroxylation is 2. The molecular weight excluding hydrogens is 881 g/mol. The number of carbonyl (C=O) groups is 2. The summed E-state index contributed by atoms with van der Waals surface area (Å²) in [5.41, 5.74) is 10.8. The van der Waals surface area contributed by atoms with Crippen molar-refractivity contribution in [3.05, 3.63) is 106 Å². The molecule has 0 radical (unpaired) electrons. The number of aromatic amines is 2. The number of likely N-dealkylation sites (tertiary alicyclic amines) is 2. The van der Waals surface area contributed by atoms with Crippen molar-refractivity contribution in [2.45, 2.75) is 50.8 Å². The minimum absolute atomic E-state index is 0.0766. The SMILES string of the molecule is C[C@H](O)C(=O)N1CCC(n2c(=O)n(C)c3cnc4ccc(-c5cccc6[nH]ncc56)nc4c32)CC1.Cn1c(=O)n(C2CCN(C(=O)CO)CC2)c2c3nc(-c4cccc5[nH]ncc45)ccc3ncc21. The van der Waals surface area contributed by atoms with Gasteiger partial charge < -0.3 is 20.0 Å². The molecule has 2 saturated heterocycles. The van der Waals surface area contributed by atoms with Gasteiger partial charge in [0.25, 0.3) is 5.91 Å². The number of aliphatic hydroxyl groups is 2. The summed E-state index contributed by atoms with van der Waals surface area (Å²) in [5, 5.41) is 35.1. The Balaban J connectivity index is 0.000000151. The molecule has 2 aliphatic heterocycles. The molecule has 10 heterocycles. The first-order valence-corrected chi connectivity index (χ1v) is 22.9. The van der Waals surface area contributed by atoms with Crippen LogP contribution in [0.5, 0.6) is 0 Å². The topological polar surface area (TPSA) is 244 Å². The molecule has 0 spiro atoms. The Bertz CT molecular complexity index is 3770. The standard InChI is InChI=1S/C25H25N7O3.C24H23N7O3/c1-14(33)24(34)31-10-8-15(9-11-31)32-23-21(30(2)25(32)35)13-26-20-7-6-18(28-22(20)23)16-4-3-5-19-17(16)12-27-29-19;1-29-20-12-25-19-6-5-17(15-3-2-4-18-16(15)11-26-28-18)27-22(19)23(20)31(24(29)34)14-7-9-30(10-8-14)21(33)13-32/h3-7,12-15,33H,8-11H2,1-2H3,(H,27,29);2-6,11-12,14,32H,7-10,13H2,1H3,(H,26,28)/t14-;/m0./s1. The third-order valence-electron chi connectivity index (χ3n) is 13.9. The summed E-state index contributed by atoms with van der Waals surface area (Å²) < 4.78 is 6.85. The number of nitrogens with zero attached hydrogens (tertiary/aromatic N) is 12. The maximum atomic E-state index is 13.4. The minimum atomic E-state index is -1.02. The summed E-state index contributed by atoms with van der Waals surface area (Å²) >= 11 is 0. The van der Waals surface area contributed by atoms with Crippen molar-refractivity contribution in [1.82, 2.24) is 68.4 Å². The average molecular weight is 929 g/mol. The number of hydrogen-bond acceptors (Lipinski definition) is 12. The molecule has 0 unspecified atom stereocenters. The van der Waals surface area contributed by atoms with Gasteiger partial charge in [-0.25, -0.2) is 19.6 Å². The van der Waals surface area contributed by atoms with Crippen LogP contribution in [0.25, 0.3) is 88.5 Å². The second-order valence-electron chi connectivity index (χ2n) is 17.8. The number of aromatic nitrogens is 12. The highest BCUT2D eigenvalue weighted by atomic mass is 16.3. The lowest BCUT2D eigenvalue weighted by Gasteiger charge is -2.33. The number of nitrogens with one attached hydrogen (secondary N) is 2. The monoisotopic (exact) mass is 928 g/mol. The zero-order valence-electron chi connectivity index (χ0n) is 38.1. The molecule has 8 aromatic heterocycles. The number of hydrogen-bond donors (Lipinski definition) is 4. The molecule has 10 aromatic rings. The van der Waals surface area contributed by atoms with E-state index in [9.17, 15) is 29.4 Å². The molecule has 20 nitrogen and oxygen atoms in total. The highest BCUT2D eigenvalue weighted by Crippen LogP contribution is 2.34. The second-order valence-corrected chi connectivity index (χ2v) is 17.8. The fraction of sp³-hybridized carbons (Fsp3) is 0.306. The predicted octanol–water partition coefficient (Wildman–Crippen LogP) is 4.35. The van der Waals surface area contributed by atoms with Crippen molar-refractivity contribution in [2.75, 3.05) is 32.8 Å².